The van der Waals surface area contributed by atoms with Crippen molar-refractivity contribution in [1.29, 1.82) is 0 Å². The summed E-state index contributed by atoms with van der Waals surface area (Å²) in [4.78, 5) is 15.1. The van der Waals surface area contributed by atoms with Gasteiger partial charge in [0.2, 0.25) is 0 Å². The van der Waals surface area contributed by atoms with Gasteiger partial charge in [0.15, 0.2) is 5.69 Å². The lowest BCUT2D eigenvalue weighted by Gasteiger charge is -2.14. The highest BCUT2D eigenvalue weighted by Crippen LogP contribution is 2.16. The van der Waals surface area contributed by atoms with E-state index in [1.54, 1.807) is 24.3 Å². The monoisotopic (exact) mass is 259 g/mol. The standard InChI is InChI=1S/C16H21NO2/c1-4-6-7-13(5-2)12-19-16(18)14-8-10-15(17-3)11-9-14/h8-11,13H,4-7,12H2,1-2H3. The summed E-state index contributed by atoms with van der Waals surface area (Å²) in [6.07, 6.45) is 4.49. The Bertz CT molecular complexity index is 431. The van der Waals surface area contributed by atoms with Crippen LogP contribution in [0.3, 0.4) is 0 Å². The van der Waals surface area contributed by atoms with Gasteiger partial charge >= 0.3 is 5.97 Å². The molecule has 0 N–H and O–H groups in total. The highest BCUT2D eigenvalue weighted by molar-refractivity contribution is 5.89. The SMILES string of the molecule is [C-]#[N+]c1ccc(C(=O)OCC(CC)CCCC)cc1. The van der Waals surface area contributed by atoms with Crippen LogP contribution in [0.2, 0.25) is 0 Å². The lowest BCUT2D eigenvalue weighted by molar-refractivity contribution is 0.0428. The van der Waals surface area contributed by atoms with Crippen molar-refractivity contribution in [2.24, 2.45) is 5.92 Å². The van der Waals surface area contributed by atoms with Crippen molar-refractivity contribution in [3.8, 4) is 0 Å². The third-order valence-corrected chi connectivity index (χ3v) is 3.23. The zero-order valence-electron chi connectivity index (χ0n) is 11.7. The van der Waals surface area contributed by atoms with E-state index in [2.05, 4.69) is 18.7 Å². The van der Waals surface area contributed by atoms with Crippen molar-refractivity contribution in [2.75, 3.05) is 6.61 Å². The zero-order valence-corrected chi connectivity index (χ0v) is 11.7. The van der Waals surface area contributed by atoms with E-state index in [4.69, 9.17) is 11.3 Å². The van der Waals surface area contributed by atoms with Gasteiger partial charge in [-0.1, -0.05) is 57.4 Å². The molecule has 0 bridgehead atoms. The molecule has 0 aromatic heterocycles. The van der Waals surface area contributed by atoms with Crippen LogP contribution >= 0.6 is 0 Å². The third-order valence-electron chi connectivity index (χ3n) is 3.23. The van der Waals surface area contributed by atoms with Crippen molar-refractivity contribution in [1.82, 2.24) is 0 Å². The van der Waals surface area contributed by atoms with E-state index in [1.807, 2.05) is 0 Å². The van der Waals surface area contributed by atoms with Crippen LogP contribution in [-0.4, -0.2) is 12.6 Å². The second kappa shape index (κ2) is 8.31. The Hall–Kier alpha value is -1.82. The fourth-order valence-electron chi connectivity index (χ4n) is 1.85. The minimum Gasteiger partial charge on any atom is -0.462 e. The van der Waals surface area contributed by atoms with E-state index in [9.17, 15) is 4.79 Å². The first-order chi connectivity index (χ1) is 9.21. The second-order valence-corrected chi connectivity index (χ2v) is 4.67. The summed E-state index contributed by atoms with van der Waals surface area (Å²) in [5, 5.41) is 0. The maximum absolute atomic E-state index is 11.8. The van der Waals surface area contributed by atoms with Gasteiger partial charge in [0.25, 0.3) is 0 Å². The Kier molecular flexibility index (Phi) is 6.67. The molecule has 0 aliphatic carbocycles. The number of esters is 1. The Morgan fingerprint density at radius 3 is 2.53 bits per heavy atom. The van der Waals surface area contributed by atoms with Crippen LogP contribution in [0.4, 0.5) is 5.69 Å². The van der Waals surface area contributed by atoms with Gasteiger partial charge in [-0.25, -0.2) is 9.64 Å². The molecule has 1 aromatic rings. The Labute approximate surface area is 115 Å². The number of carbonyl (C=O) groups excluding carboxylic acids is 1. The summed E-state index contributed by atoms with van der Waals surface area (Å²) in [5.74, 6) is 0.151. The number of hydrogen-bond donors (Lipinski definition) is 0. The molecule has 0 saturated carbocycles. The largest absolute Gasteiger partial charge is 0.462 e. The molecule has 3 heteroatoms. The molecule has 0 radical (unpaired) electrons. The van der Waals surface area contributed by atoms with Crippen molar-refractivity contribution >= 4 is 11.7 Å². The molecule has 3 nitrogen and oxygen atoms in total. The van der Waals surface area contributed by atoms with Crippen molar-refractivity contribution in [3.63, 3.8) is 0 Å². The first kappa shape index (κ1) is 15.2. The van der Waals surface area contributed by atoms with Crippen molar-refractivity contribution in [2.45, 2.75) is 39.5 Å². The molecule has 0 amide bonds. The topological polar surface area (TPSA) is 30.7 Å². The van der Waals surface area contributed by atoms with Crippen LogP contribution in [-0.2, 0) is 4.74 Å². The molecule has 1 rings (SSSR count). The van der Waals surface area contributed by atoms with E-state index in [-0.39, 0.29) is 5.97 Å². The normalized spacial score (nSPS) is 11.6. The average Bonchev–Trinajstić information content (AvgIpc) is 2.47. The molecule has 102 valence electrons. The van der Waals surface area contributed by atoms with Gasteiger partial charge in [-0.05, 0) is 12.3 Å². The van der Waals surface area contributed by atoms with Gasteiger partial charge in [-0.2, -0.15) is 0 Å². The van der Waals surface area contributed by atoms with Crippen molar-refractivity contribution in [3.05, 3.63) is 41.2 Å². The number of hydrogen-bond acceptors (Lipinski definition) is 2. The van der Waals surface area contributed by atoms with Crippen LogP contribution in [0.15, 0.2) is 24.3 Å². The van der Waals surface area contributed by atoms with E-state index in [1.165, 1.54) is 12.8 Å². The van der Waals surface area contributed by atoms with Gasteiger partial charge in [0.05, 0.1) is 18.7 Å². The first-order valence-corrected chi connectivity index (χ1v) is 6.85. The summed E-state index contributed by atoms with van der Waals surface area (Å²) in [6, 6.07) is 6.56. The second-order valence-electron chi connectivity index (χ2n) is 4.67. The molecular weight excluding hydrogens is 238 g/mol. The van der Waals surface area contributed by atoms with Gasteiger partial charge in [0.1, 0.15) is 0 Å². The van der Waals surface area contributed by atoms with Gasteiger partial charge in [-0.3, -0.25) is 0 Å². The molecule has 0 saturated heterocycles. The first-order valence-electron chi connectivity index (χ1n) is 6.85. The molecule has 0 spiro atoms. The van der Waals surface area contributed by atoms with E-state index in [0.717, 1.165) is 12.8 Å². The Morgan fingerprint density at radius 1 is 1.32 bits per heavy atom. The van der Waals surface area contributed by atoms with Crippen LogP contribution < -0.4 is 0 Å². The zero-order chi connectivity index (χ0) is 14.1. The van der Waals surface area contributed by atoms with E-state index in [0.29, 0.717) is 23.8 Å². The minimum atomic E-state index is -0.300. The highest BCUT2D eigenvalue weighted by atomic mass is 16.5. The van der Waals surface area contributed by atoms with E-state index < -0.39 is 0 Å². The Morgan fingerprint density at radius 2 is 2.00 bits per heavy atom. The molecule has 1 unspecified atom stereocenters. The summed E-state index contributed by atoms with van der Waals surface area (Å²) >= 11 is 0. The number of carbonyl (C=O) groups is 1. The molecule has 0 aliphatic rings. The number of unbranched alkanes of at least 4 members (excludes halogenated alkanes) is 1. The molecule has 19 heavy (non-hydrogen) atoms. The highest BCUT2D eigenvalue weighted by Gasteiger charge is 2.11. The lowest BCUT2D eigenvalue weighted by Crippen LogP contribution is -2.13. The Balaban J connectivity index is 2.47. The smallest absolute Gasteiger partial charge is 0.338 e. The van der Waals surface area contributed by atoms with Crippen LogP contribution in [0.1, 0.15) is 49.9 Å². The third kappa shape index (κ3) is 5.13. The molecule has 1 aromatic carbocycles. The number of ether oxygens (including phenoxy) is 1. The van der Waals surface area contributed by atoms with Crippen molar-refractivity contribution < 1.29 is 9.53 Å². The summed E-state index contributed by atoms with van der Waals surface area (Å²) in [5.41, 5.74) is 1.05. The number of benzene rings is 1. The molecule has 0 fully saturated rings. The average molecular weight is 259 g/mol. The molecule has 0 heterocycles. The predicted octanol–water partition coefficient (Wildman–Crippen LogP) is 4.61. The summed E-state index contributed by atoms with van der Waals surface area (Å²) < 4.78 is 5.34. The minimum absolute atomic E-state index is 0.300. The molecule has 0 aliphatic heterocycles. The van der Waals surface area contributed by atoms with Gasteiger partial charge in [0, 0.05) is 0 Å². The summed E-state index contributed by atoms with van der Waals surface area (Å²) in [7, 11) is 0. The predicted molar refractivity (Wildman–Crippen MR) is 76.3 cm³/mol. The van der Waals surface area contributed by atoms with Crippen LogP contribution in [0.5, 0.6) is 0 Å². The molecular formula is C16H21NO2. The number of rotatable bonds is 7. The fraction of sp³-hybridized carbons (Fsp3) is 0.500. The summed E-state index contributed by atoms with van der Waals surface area (Å²) in [6.45, 7) is 11.6. The van der Waals surface area contributed by atoms with Gasteiger partial charge in [-0.15, -0.1) is 0 Å². The maximum Gasteiger partial charge on any atom is 0.338 e. The van der Waals surface area contributed by atoms with Crippen LogP contribution in [0.25, 0.3) is 4.85 Å². The fourth-order valence-corrected chi connectivity index (χ4v) is 1.85. The van der Waals surface area contributed by atoms with E-state index >= 15 is 0 Å². The molecule has 1 atom stereocenters. The quantitative estimate of drug-likeness (QED) is 0.528. The maximum atomic E-state index is 11.8. The number of nitrogens with zero attached hydrogens (tertiary/aromatic N) is 1. The van der Waals surface area contributed by atoms with Gasteiger partial charge < -0.3 is 4.74 Å². The lowest BCUT2D eigenvalue weighted by atomic mass is 10.0. The van der Waals surface area contributed by atoms with Crippen LogP contribution in [0, 0.1) is 12.5 Å².